The Labute approximate surface area is 147 Å². The van der Waals surface area contributed by atoms with E-state index in [0.717, 1.165) is 9.87 Å². The van der Waals surface area contributed by atoms with Gasteiger partial charge in [-0.2, -0.15) is 4.31 Å². The van der Waals surface area contributed by atoms with Gasteiger partial charge in [-0.3, -0.25) is 4.84 Å². The van der Waals surface area contributed by atoms with Crippen LogP contribution in [-0.2, 0) is 24.4 Å². The van der Waals surface area contributed by atoms with Gasteiger partial charge in [0.05, 0.1) is 4.90 Å². The topological polar surface area (TPSA) is 98.9 Å². The molecule has 0 saturated carbocycles. The van der Waals surface area contributed by atoms with Crippen molar-refractivity contribution in [2.24, 2.45) is 5.90 Å². The smallest absolute Gasteiger partial charge is 0.341 e. The summed E-state index contributed by atoms with van der Waals surface area (Å²) >= 11 is 0. The van der Waals surface area contributed by atoms with E-state index in [0.29, 0.717) is 0 Å². The predicted octanol–water partition coefficient (Wildman–Crippen LogP) is 1.55. The minimum atomic E-state index is -3.91. The number of sulfonamides is 1. The van der Waals surface area contributed by atoms with Gasteiger partial charge in [-0.25, -0.2) is 23.5 Å². The molecular formula is C16H25FN2O5S. The summed E-state index contributed by atoms with van der Waals surface area (Å²) in [4.78, 5) is 16.3. The molecule has 1 aromatic rings. The molecule has 0 aromatic heterocycles. The van der Waals surface area contributed by atoms with E-state index in [4.69, 9.17) is 10.6 Å². The number of carbonyl (C=O) groups is 1. The lowest BCUT2D eigenvalue weighted by atomic mass is 10.1. The summed E-state index contributed by atoms with van der Waals surface area (Å²) in [5.41, 5.74) is 0.0412. The highest BCUT2D eigenvalue weighted by molar-refractivity contribution is 7.89. The van der Waals surface area contributed by atoms with Gasteiger partial charge in [0.25, 0.3) is 0 Å². The summed E-state index contributed by atoms with van der Waals surface area (Å²) in [6.07, 6.45) is -3.72. The van der Waals surface area contributed by atoms with Crippen LogP contribution in [-0.4, -0.2) is 50.2 Å². The average Bonchev–Trinajstić information content (AvgIpc) is 2.46. The van der Waals surface area contributed by atoms with E-state index < -0.39 is 40.4 Å². The zero-order chi connectivity index (χ0) is 19.4. The van der Waals surface area contributed by atoms with Crippen LogP contribution in [0, 0.1) is 6.92 Å². The summed E-state index contributed by atoms with van der Waals surface area (Å²) < 4.78 is 45.2. The molecule has 0 amide bonds. The lowest BCUT2D eigenvalue weighted by Crippen LogP contribution is -2.46. The number of hydrogen-bond donors (Lipinski definition) is 1. The van der Waals surface area contributed by atoms with Gasteiger partial charge in [0.15, 0.2) is 6.17 Å². The molecule has 1 aromatic carbocycles. The molecule has 0 spiro atoms. The second-order valence-electron chi connectivity index (χ2n) is 6.70. The molecular weight excluding hydrogens is 351 g/mol. The number of halogens is 1. The van der Waals surface area contributed by atoms with Gasteiger partial charge in [-0.05, 0) is 39.8 Å². The van der Waals surface area contributed by atoms with Crippen LogP contribution >= 0.6 is 0 Å². The van der Waals surface area contributed by atoms with Crippen molar-refractivity contribution >= 4 is 16.0 Å². The van der Waals surface area contributed by atoms with Crippen molar-refractivity contribution in [1.29, 1.82) is 0 Å². The highest BCUT2D eigenvalue weighted by Crippen LogP contribution is 2.18. The molecule has 2 atom stereocenters. The standard InChI is InChI=1S/C16H25FN2O5S/c1-11-6-8-12(9-7-11)25(21,22)19(5)10-13(17)14(24-18)15(20)23-16(2,3)4/h6-9,13-14H,10,18H2,1-5H3. The first kappa shape index (κ1) is 21.5. The molecule has 1 rings (SSSR count). The van der Waals surface area contributed by atoms with Crippen LogP contribution in [0.4, 0.5) is 4.39 Å². The van der Waals surface area contributed by atoms with Crippen LogP contribution < -0.4 is 5.90 Å². The van der Waals surface area contributed by atoms with E-state index in [2.05, 4.69) is 4.84 Å². The number of benzene rings is 1. The normalized spacial score (nSPS) is 15.0. The van der Waals surface area contributed by atoms with Crippen molar-refractivity contribution in [3.63, 3.8) is 0 Å². The number of esters is 1. The summed E-state index contributed by atoms with van der Waals surface area (Å²) in [5, 5.41) is 0. The summed E-state index contributed by atoms with van der Waals surface area (Å²) in [6.45, 7) is 6.04. The molecule has 0 bridgehead atoms. The molecule has 0 saturated heterocycles. The van der Waals surface area contributed by atoms with Gasteiger partial charge in [0.2, 0.25) is 16.1 Å². The van der Waals surface area contributed by atoms with E-state index in [1.807, 2.05) is 6.92 Å². The van der Waals surface area contributed by atoms with Gasteiger partial charge >= 0.3 is 5.97 Å². The number of nitrogens with zero attached hydrogens (tertiary/aromatic N) is 1. The molecule has 7 nitrogen and oxygen atoms in total. The fraction of sp³-hybridized carbons (Fsp3) is 0.562. The Morgan fingerprint density at radius 2 is 1.80 bits per heavy atom. The highest BCUT2D eigenvalue weighted by atomic mass is 32.2. The van der Waals surface area contributed by atoms with E-state index in [-0.39, 0.29) is 4.90 Å². The maximum atomic E-state index is 14.4. The van der Waals surface area contributed by atoms with Gasteiger partial charge in [0, 0.05) is 13.6 Å². The average molecular weight is 376 g/mol. The van der Waals surface area contributed by atoms with Crippen LogP contribution in [0.5, 0.6) is 0 Å². The predicted molar refractivity (Wildman–Crippen MR) is 90.8 cm³/mol. The second-order valence-corrected chi connectivity index (χ2v) is 8.75. The molecule has 2 N–H and O–H groups in total. The number of rotatable bonds is 7. The van der Waals surface area contributed by atoms with Crippen LogP contribution in [0.1, 0.15) is 26.3 Å². The Hall–Kier alpha value is -1.55. The van der Waals surface area contributed by atoms with Crippen LogP contribution in [0.25, 0.3) is 0 Å². The third-order valence-electron chi connectivity index (χ3n) is 3.27. The molecule has 25 heavy (non-hydrogen) atoms. The summed E-state index contributed by atoms with van der Waals surface area (Å²) in [6, 6.07) is 6.14. The molecule has 142 valence electrons. The number of aryl methyl sites for hydroxylation is 1. The number of ether oxygens (including phenoxy) is 1. The van der Waals surface area contributed by atoms with Crippen molar-refractivity contribution in [2.45, 2.75) is 50.5 Å². The minimum absolute atomic E-state index is 0.0234. The molecule has 9 heteroatoms. The van der Waals surface area contributed by atoms with Crippen molar-refractivity contribution in [3.8, 4) is 0 Å². The Morgan fingerprint density at radius 3 is 2.24 bits per heavy atom. The Balaban J connectivity index is 2.87. The van der Waals surface area contributed by atoms with Crippen molar-refractivity contribution < 1.29 is 27.2 Å². The Bertz CT molecular complexity index is 685. The lowest BCUT2D eigenvalue weighted by molar-refractivity contribution is -0.173. The van der Waals surface area contributed by atoms with E-state index in [1.54, 1.807) is 32.9 Å². The first-order chi connectivity index (χ1) is 11.4. The molecule has 0 aliphatic carbocycles. The Morgan fingerprint density at radius 1 is 1.28 bits per heavy atom. The Kier molecular flexibility index (Phi) is 7.07. The van der Waals surface area contributed by atoms with Crippen molar-refractivity contribution in [3.05, 3.63) is 29.8 Å². The fourth-order valence-electron chi connectivity index (χ4n) is 1.98. The molecule has 0 heterocycles. The van der Waals surface area contributed by atoms with Gasteiger partial charge in [-0.1, -0.05) is 17.7 Å². The number of alkyl halides is 1. The first-order valence-electron chi connectivity index (χ1n) is 7.64. The van der Waals surface area contributed by atoms with E-state index in [1.165, 1.54) is 19.2 Å². The monoisotopic (exact) mass is 376 g/mol. The lowest BCUT2D eigenvalue weighted by Gasteiger charge is -2.26. The van der Waals surface area contributed by atoms with Gasteiger partial charge in [0.1, 0.15) is 5.60 Å². The number of carbonyl (C=O) groups excluding carboxylic acids is 1. The van der Waals surface area contributed by atoms with Crippen LogP contribution in [0.15, 0.2) is 29.2 Å². The van der Waals surface area contributed by atoms with E-state index >= 15 is 0 Å². The SMILES string of the molecule is Cc1ccc(S(=O)(=O)N(C)CC(F)C(ON)C(=O)OC(C)(C)C)cc1. The summed E-state index contributed by atoms with van der Waals surface area (Å²) in [5.74, 6) is 4.00. The molecule has 0 radical (unpaired) electrons. The summed E-state index contributed by atoms with van der Waals surface area (Å²) in [7, 11) is -2.70. The van der Waals surface area contributed by atoms with Gasteiger partial charge in [-0.15, -0.1) is 0 Å². The first-order valence-corrected chi connectivity index (χ1v) is 9.08. The fourth-order valence-corrected chi connectivity index (χ4v) is 3.16. The van der Waals surface area contributed by atoms with Crippen molar-refractivity contribution in [1.82, 2.24) is 4.31 Å². The molecule has 0 aliphatic heterocycles. The third-order valence-corrected chi connectivity index (χ3v) is 5.11. The van der Waals surface area contributed by atoms with Crippen LogP contribution in [0.2, 0.25) is 0 Å². The maximum Gasteiger partial charge on any atom is 0.341 e. The molecule has 2 unspecified atom stereocenters. The number of nitrogens with two attached hydrogens (primary N) is 1. The highest BCUT2D eigenvalue weighted by Gasteiger charge is 2.36. The molecule has 0 fully saturated rings. The van der Waals surface area contributed by atoms with Gasteiger partial charge < -0.3 is 4.74 Å². The quantitative estimate of drug-likeness (QED) is 0.573. The zero-order valence-corrected chi connectivity index (χ0v) is 15.8. The maximum absolute atomic E-state index is 14.4. The third kappa shape index (κ3) is 6.03. The number of hydrogen-bond acceptors (Lipinski definition) is 6. The van der Waals surface area contributed by atoms with E-state index in [9.17, 15) is 17.6 Å². The largest absolute Gasteiger partial charge is 0.458 e. The van der Waals surface area contributed by atoms with Crippen molar-refractivity contribution in [2.75, 3.05) is 13.6 Å². The van der Waals surface area contributed by atoms with Crippen LogP contribution in [0.3, 0.4) is 0 Å². The second kappa shape index (κ2) is 8.22. The molecule has 0 aliphatic rings. The minimum Gasteiger partial charge on any atom is -0.458 e. The zero-order valence-electron chi connectivity index (χ0n) is 15.0.